The molecule has 1 N–H and O–H groups in total. The van der Waals surface area contributed by atoms with Crippen molar-refractivity contribution in [2.45, 2.75) is 18.6 Å². The molecule has 0 saturated carbocycles. The molecule has 1 aliphatic rings. The molecule has 2 heterocycles. The normalized spacial score (nSPS) is 22.7. The molecule has 1 aromatic carbocycles. The number of hydrogen-bond acceptors (Lipinski definition) is 4. The maximum absolute atomic E-state index is 6.44. The zero-order valence-corrected chi connectivity index (χ0v) is 13.0. The third-order valence-corrected chi connectivity index (χ3v) is 5.55. The van der Waals surface area contributed by atoms with E-state index in [-0.39, 0.29) is 5.60 Å². The number of ether oxygens (including phenoxy) is 2. The molecule has 0 bridgehead atoms. The minimum Gasteiger partial charge on any atom is -0.378 e. The summed E-state index contributed by atoms with van der Waals surface area (Å²) in [7, 11) is 1.75. The Balaban J connectivity index is 1.66. The van der Waals surface area contributed by atoms with Crippen LogP contribution in [0.3, 0.4) is 0 Å². The highest BCUT2D eigenvalue weighted by atomic mass is 35.5. The molecule has 108 valence electrons. The van der Waals surface area contributed by atoms with E-state index in [1.54, 1.807) is 18.4 Å². The average molecular weight is 312 g/mol. The van der Waals surface area contributed by atoms with Crippen LogP contribution in [0.1, 0.15) is 11.3 Å². The fraction of sp³-hybridized carbons (Fsp3) is 0.467. The highest BCUT2D eigenvalue weighted by Gasteiger charge is 2.34. The second-order valence-corrected chi connectivity index (χ2v) is 6.64. The van der Waals surface area contributed by atoms with E-state index in [1.165, 1.54) is 9.58 Å². The van der Waals surface area contributed by atoms with Crippen molar-refractivity contribution in [3.05, 3.63) is 34.2 Å². The van der Waals surface area contributed by atoms with E-state index in [4.69, 9.17) is 21.1 Å². The molecule has 0 spiro atoms. The maximum atomic E-state index is 6.44. The van der Waals surface area contributed by atoms with Gasteiger partial charge >= 0.3 is 0 Å². The van der Waals surface area contributed by atoms with Gasteiger partial charge in [-0.2, -0.15) is 0 Å². The molecular weight excluding hydrogens is 294 g/mol. The fourth-order valence-electron chi connectivity index (χ4n) is 2.54. The van der Waals surface area contributed by atoms with Crippen molar-refractivity contribution in [1.29, 1.82) is 0 Å². The first kappa shape index (κ1) is 14.3. The van der Waals surface area contributed by atoms with Gasteiger partial charge in [-0.3, -0.25) is 0 Å². The third-order valence-electron chi connectivity index (χ3n) is 3.83. The fourth-order valence-corrected chi connectivity index (χ4v) is 4.01. The molecule has 2 aromatic rings. The number of halogens is 1. The number of benzene rings is 1. The molecule has 0 amide bonds. The van der Waals surface area contributed by atoms with Crippen LogP contribution in [0.5, 0.6) is 0 Å². The highest BCUT2D eigenvalue weighted by molar-refractivity contribution is 7.19. The van der Waals surface area contributed by atoms with Crippen molar-refractivity contribution >= 4 is 33.0 Å². The van der Waals surface area contributed by atoms with Crippen LogP contribution < -0.4 is 5.32 Å². The Morgan fingerprint density at radius 1 is 1.45 bits per heavy atom. The molecule has 0 aliphatic carbocycles. The van der Waals surface area contributed by atoms with Crippen LogP contribution in [0.25, 0.3) is 10.1 Å². The molecule has 1 saturated heterocycles. The molecule has 1 aromatic heterocycles. The quantitative estimate of drug-likeness (QED) is 0.917. The molecule has 20 heavy (non-hydrogen) atoms. The van der Waals surface area contributed by atoms with E-state index in [0.29, 0.717) is 6.61 Å². The van der Waals surface area contributed by atoms with Gasteiger partial charge < -0.3 is 14.8 Å². The number of thiophene rings is 1. The minimum absolute atomic E-state index is 0.177. The summed E-state index contributed by atoms with van der Waals surface area (Å²) in [5, 5.41) is 5.47. The molecule has 3 nitrogen and oxygen atoms in total. The van der Waals surface area contributed by atoms with Gasteiger partial charge in [0, 0.05) is 48.2 Å². The Morgan fingerprint density at radius 2 is 2.30 bits per heavy atom. The Bertz CT molecular complexity index is 593. The van der Waals surface area contributed by atoms with Crippen LogP contribution in [-0.4, -0.2) is 32.5 Å². The Morgan fingerprint density at radius 3 is 3.00 bits per heavy atom. The average Bonchev–Trinajstić information content (AvgIpc) is 3.06. The van der Waals surface area contributed by atoms with Crippen molar-refractivity contribution in [3.63, 3.8) is 0 Å². The largest absolute Gasteiger partial charge is 0.378 e. The molecule has 5 heteroatoms. The lowest BCUT2D eigenvalue weighted by Gasteiger charge is -2.25. The van der Waals surface area contributed by atoms with Crippen LogP contribution in [0, 0.1) is 0 Å². The zero-order chi connectivity index (χ0) is 14.0. The van der Waals surface area contributed by atoms with E-state index < -0.39 is 0 Å². The van der Waals surface area contributed by atoms with Gasteiger partial charge in [-0.05, 0) is 6.07 Å². The van der Waals surface area contributed by atoms with Crippen LogP contribution >= 0.6 is 22.9 Å². The lowest BCUT2D eigenvalue weighted by molar-refractivity contribution is -0.0158. The predicted octanol–water partition coefficient (Wildman–Crippen LogP) is 3.45. The molecule has 1 atom stereocenters. The van der Waals surface area contributed by atoms with Crippen molar-refractivity contribution in [1.82, 2.24) is 5.32 Å². The number of hydrogen-bond donors (Lipinski definition) is 1. The summed E-state index contributed by atoms with van der Waals surface area (Å²) in [6, 6.07) is 8.24. The van der Waals surface area contributed by atoms with Crippen molar-refractivity contribution in [3.8, 4) is 0 Å². The zero-order valence-electron chi connectivity index (χ0n) is 11.4. The van der Waals surface area contributed by atoms with Gasteiger partial charge in [0.1, 0.15) is 5.60 Å². The SMILES string of the molecule is COC1(CNCc2sc3ccccc3c2Cl)CCOC1. The molecule has 1 aliphatic heterocycles. The number of nitrogens with one attached hydrogen (secondary N) is 1. The Hall–Kier alpha value is -0.650. The van der Waals surface area contributed by atoms with E-state index >= 15 is 0 Å². The second kappa shape index (κ2) is 6.00. The third kappa shape index (κ3) is 2.71. The maximum Gasteiger partial charge on any atom is 0.106 e. The van der Waals surface area contributed by atoms with Crippen molar-refractivity contribution in [2.24, 2.45) is 0 Å². The van der Waals surface area contributed by atoms with Gasteiger partial charge in [-0.1, -0.05) is 29.8 Å². The standard InChI is InChI=1S/C15H18ClNO2S/c1-18-15(6-7-19-10-15)9-17-8-13-14(16)11-4-2-3-5-12(11)20-13/h2-5,17H,6-10H2,1H3. The van der Waals surface area contributed by atoms with E-state index in [9.17, 15) is 0 Å². The second-order valence-electron chi connectivity index (χ2n) is 5.13. The summed E-state index contributed by atoms with van der Waals surface area (Å²) < 4.78 is 12.3. The van der Waals surface area contributed by atoms with Gasteiger partial charge in [-0.15, -0.1) is 11.3 Å². The molecule has 3 rings (SSSR count). The van der Waals surface area contributed by atoms with E-state index in [2.05, 4.69) is 17.4 Å². The van der Waals surface area contributed by atoms with Crippen LogP contribution in [0.4, 0.5) is 0 Å². The van der Waals surface area contributed by atoms with Gasteiger partial charge in [0.15, 0.2) is 0 Å². The first-order chi connectivity index (χ1) is 9.74. The van der Waals surface area contributed by atoms with Gasteiger partial charge in [0.2, 0.25) is 0 Å². The van der Waals surface area contributed by atoms with Crippen molar-refractivity contribution < 1.29 is 9.47 Å². The van der Waals surface area contributed by atoms with E-state index in [1.807, 2.05) is 12.1 Å². The Kier molecular flexibility index (Phi) is 4.29. The summed E-state index contributed by atoms with van der Waals surface area (Å²) in [4.78, 5) is 1.18. The topological polar surface area (TPSA) is 30.5 Å². The van der Waals surface area contributed by atoms with Gasteiger partial charge in [0.05, 0.1) is 11.6 Å². The predicted molar refractivity (Wildman–Crippen MR) is 83.7 cm³/mol. The van der Waals surface area contributed by atoms with Gasteiger partial charge in [0.25, 0.3) is 0 Å². The van der Waals surface area contributed by atoms with E-state index in [0.717, 1.165) is 36.5 Å². The lowest BCUT2D eigenvalue weighted by Crippen LogP contribution is -2.42. The monoisotopic (exact) mass is 311 g/mol. The first-order valence-electron chi connectivity index (χ1n) is 6.74. The smallest absolute Gasteiger partial charge is 0.106 e. The first-order valence-corrected chi connectivity index (χ1v) is 7.93. The van der Waals surface area contributed by atoms with Gasteiger partial charge in [-0.25, -0.2) is 0 Å². The highest BCUT2D eigenvalue weighted by Crippen LogP contribution is 2.35. The summed E-state index contributed by atoms with van der Waals surface area (Å²) in [5.74, 6) is 0. The van der Waals surface area contributed by atoms with Crippen LogP contribution in [0.2, 0.25) is 5.02 Å². The summed E-state index contributed by atoms with van der Waals surface area (Å²) in [6.45, 7) is 2.99. The molecular formula is C15H18ClNO2S. The number of fused-ring (bicyclic) bond motifs is 1. The molecule has 0 radical (unpaired) electrons. The number of rotatable bonds is 5. The van der Waals surface area contributed by atoms with Crippen molar-refractivity contribution in [2.75, 3.05) is 26.9 Å². The molecule has 1 fully saturated rings. The van der Waals surface area contributed by atoms with Crippen LogP contribution in [0.15, 0.2) is 24.3 Å². The molecule has 1 unspecified atom stereocenters. The summed E-state index contributed by atoms with van der Waals surface area (Å²) in [6.07, 6.45) is 0.941. The summed E-state index contributed by atoms with van der Waals surface area (Å²) >= 11 is 8.18. The minimum atomic E-state index is -0.177. The van der Waals surface area contributed by atoms with Crippen LogP contribution in [-0.2, 0) is 16.0 Å². The summed E-state index contributed by atoms with van der Waals surface area (Å²) in [5.41, 5.74) is -0.177. The number of methoxy groups -OCH3 is 1. The Labute approximate surface area is 127 Å². The lowest BCUT2D eigenvalue weighted by atomic mass is 10.0.